The number of carbonyl (C=O) groups excluding carboxylic acids is 1. The van der Waals surface area contributed by atoms with Gasteiger partial charge in [0.2, 0.25) is 0 Å². The van der Waals surface area contributed by atoms with Gasteiger partial charge in [-0.25, -0.2) is 4.79 Å². The monoisotopic (exact) mass is 254 g/mol. The summed E-state index contributed by atoms with van der Waals surface area (Å²) < 4.78 is 4.84. The summed E-state index contributed by atoms with van der Waals surface area (Å²) in [5.41, 5.74) is 0. The topological polar surface area (TPSA) is 32.8 Å². The number of hydrogen-bond acceptors (Lipinski definition) is 4. The molecule has 0 aliphatic carbocycles. The van der Waals surface area contributed by atoms with Crippen molar-refractivity contribution in [1.82, 2.24) is 9.80 Å². The summed E-state index contributed by atoms with van der Waals surface area (Å²) in [7, 11) is 0. The summed E-state index contributed by atoms with van der Waals surface area (Å²) in [6.45, 7) is 13.2. The van der Waals surface area contributed by atoms with E-state index in [0.29, 0.717) is 6.61 Å². The number of nitrogens with zero attached hydrogens (tertiary/aromatic N) is 2. The molecule has 0 aromatic heterocycles. The second kappa shape index (κ2) is 8.27. The van der Waals surface area contributed by atoms with E-state index in [1.165, 1.54) is 12.6 Å². The van der Waals surface area contributed by atoms with E-state index < -0.39 is 0 Å². The standard InChI is InChI=1S/C14H26N2O2/c1-4-18-14(17)6-5-7-15-8-10-16(11-9-15)12-13(2)3/h5-6,13H,4,7-12H2,1-3H3/b6-5+. The largest absolute Gasteiger partial charge is 0.463 e. The number of piperazine rings is 1. The summed E-state index contributed by atoms with van der Waals surface area (Å²) in [6, 6.07) is 0. The van der Waals surface area contributed by atoms with E-state index in [-0.39, 0.29) is 5.97 Å². The van der Waals surface area contributed by atoms with Crippen molar-refractivity contribution >= 4 is 5.97 Å². The predicted molar refractivity (Wildman–Crippen MR) is 73.5 cm³/mol. The number of hydrogen-bond donors (Lipinski definition) is 0. The molecule has 0 radical (unpaired) electrons. The van der Waals surface area contributed by atoms with Gasteiger partial charge >= 0.3 is 5.97 Å². The van der Waals surface area contributed by atoms with Gasteiger partial charge in [0.1, 0.15) is 0 Å². The Bertz CT molecular complexity index is 269. The Hall–Kier alpha value is -0.870. The predicted octanol–water partition coefficient (Wildman–Crippen LogP) is 1.38. The van der Waals surface area contributed by atoms with E-state index in [1.54, 1.807) is 0 Å². The molecule has 1 heterocycles. The number of rotatable bonds is 6. The minimum Gasteiger partial charge on any atom is -0.463 e. The highest BCUT2D eigenvalue weighted by atomic mass is 16.5. The normalized spacial score (nSPS) is 18.7. The first-order valence-corrected chi connectivity index (χ1v) is 6.89. The van der Waals surface area contributed by atoms with Crippen LogP contribution >= 0.6 is 0 Å². The highest BCUT2D eigenvalue weighted by Crippen LogP contribution is 2.05. The smallest absolute Gasteiger partial charge is 0.330 e. The number of ether oxygens (including phenoxy) is 1. The van der Waals surface area contributed by atoms with Gasteiger partial charge in [0.05, 0.1) is 6.61 Å². The fourth-order valence-electron chi connectivity index (χ4n) is 2.16. The first kappa shape index (κ1) is 15.2. The van der Waals surface area contributed by atoms with E-state index in [9.17, 15) is 4.79 Å². The third kappa shape index (κ3) is 6.17. The Labute approximate surface area is 111 Å². The van der Waals surface area contributed by atoms with Crippen LogP contribution in [0.4, 0.5) is 0 Å². The molecular formula is C14H26N2O2. The quantitative estimate of drug-likeness (QED) is 0.529. The van der Waals surface area contributed by atoms with Gasteiger partial charge < -0.3 is 9.64 Å². The van der Waals surface area contributed by atoms with Crippen LogP contribution < -0.4 is 0 Å². The van der Waals surface area contributed by atoms with Crippen LogP contribution in [0.2, 0.25) is 0 Å². The second-order valence-corrected chi connectivity index (χ2v) is 5.15. The first-order valence-electron chi connectivity index (χ1n) is 6.89. The third-order valence-electron chi connectivity index (χ3n) is 2.99. The van der Waals surface area contributed by atoms with E-state index in [2.05, 4.69) is 23.6 Å². The lowest BCUT2D eigenvalue weighted by atomic mass is 10.2. The average Bonchev–Trinajstić information content (AvgIpc) is 2.31. The number of carbonyl (C=O) groups is 1. The van der Waals surface area contributed by atoms with Gasteiger partial charge in [0.25, 0.3) is 0 Å². The van der Waals surface area contributed by atoms with Crippen molar-refractivity contribution in [2.75, 3.05) is 45.9 Å². The van der Waals surface area contributed by atoms with Gasteiger partial charge in [-0.15, -0.1) is 0 Å². The first-order chi connectivity index (χ1) is 8.61. The van der Waals surface area contributed by atoms with Gasteiger partial charge in [0.15, 0.2) is 0 Å². The third-order valence-corrected chi connectivity index (χ3v) is 2.99. The lowest BCUT2D eigenvalue weighted by molar-refractivity contribution is -0.137. The SMILES string of the molecule is CCOC(=O)/C=C/CN1CCN(CC(C)C)CC1. The van der Waals surface area contributed by atoms with E-state index in [1.807, 2.05) is 13.0 Å². The molecule has 18 heavy (non-hydrogen) atoms. The molecule has 0 aromatic rings. The van der Waals surface area contributed by atoms with Crippen LogP contribution in [0.25, 0.3) is 0 Å². The van der Waals surface area contributed by atoms with Crippen molar-refractivity contribution in [3.05, 3.63) is 12.2 Å². The minimum atomic E-state index is -0.240. The highest BCUT2D eigenvalue weighted by molar-refractivity contribution is 5.81. The van der Waals surface area contributed by atoms with Gasteiger partial charge in [-0.1, -0.05) is 19.9 Å². The fourth-order valence-corrected chi connectivity index (χ4v) is 2.16. The Balaban J connectivity index is 2.17. The van der Waals surface area contributed by atoms with Crippen molar-refractivity contribution < 1.29 is 9.53 Å². The van der Waals surface area contributed by atoms with E-state index in [0.717, 1.165) is 38.6 Å². The highest BCUT2D eigenvalue weighted by Gasteiger charge is 2.16. The Morgan fingerprint density at radius 3 is 2.39 bits per heavy atom. The molecule has 0 unspecified atom stereocenters. The molecule has 0 aromatic carbocycles. The molecule has 1 aliphatic rings. The zero-order chi connectivity index (χ0) is 13.4. The molecule has 1 rings (SSSR count). The van der Waals surface area contributed by atoms with Crippen LogP contribution in [0, 0.1) is 5.92 Å². The molecule has 104 valence electrons. The molecule has 0 amide bonds. The average molecular weight is 254 g/mol. The summed E-state index contributed by atoms with van der Waals surface area (Å²) in [5, 5.41) is 0. The van der Waals surface area contributed by atoms with E-state index in [4.69, 9.17) is 4.74 Å². The van der Waals surface area contributed by atoms with Crippen LogP contribution in [0.1, 0.15) is 20.8 Å². The van der Waals surface area contributed by atoms with Gasteiger partial charge in [0, 0.05) is 45.3 Å². The minimum absolute atomic E-state index is 0.240. The summed E-state index contributed by atoms with van der Waals surface area (Å²) >= 11 is 0. The second-order valence-electron chi connectivity index (χ2n) is 5.15. The fraction of sp³-hybridized carbons (Fsp3) is 0.786. The lowest BCUT2D eigenvalue weighted by Crippen LogP contribution is -2.47. The van der Waals surface area contributed by atoms with Crippen LogP contribution in [-0.4, -0.2) is 61.6 Å². The molecule has 4 nitrogen and oxygen atoms in total. The van der Waals surface area contributed by atoms with Crippen LogP contribution in [0.5, 0.6) is 0 Å². The molecule has 0 spiro atoms. The van der Waals surface area contributed by atoms with Gasteiger partial charge in [-0.05, 0) is 12.8 Å². The summed E-state index contributed by atoms with van der Waals surface area (Å²) in [5.74, 6) is 0.496. The summed E-state index contributed by atoms with van der Waals surface area (Å²) in [4.78, 5) is 16.0. The Kier molecular flexibility index (Phi) is 6.98. The molecule has 0 saturated carbocycles. The van der Waals surface area contributed by atoms with Gasteiger partial charge in [-0.2, -0.15) is 0 Å². The van der Waals surface area contributed by atoms with Crippen LogP contribution in [-0.2, 0) is 9.53 Å². The molecule has 4 heteroatoms. The van der Waals surface area contributed by atoms with Crippen molar-refractivity contribution in [1.29, 1.82) is 0 Å². The molecule has 0 N–H and O–H groups in total. The maximum Gasteiger partial charge on any atom is 0.330 e. The zero-order valence-corrected chi connectivity index (χ0v) is 11.9. The van der Waals surface area contributed by atoms with Gasteiger partial charge in [-0.3, -0.25) is 4.90 Å². The molecule has 1 aliphatic heterocycles. The molecule has 0 atom stereocenters. The molecule has 0 bridgehead atoms. The van der Waals surface area contributed by atoms with Crippen molar-refractivity contribution in [2.45, 2.75) is 20.8 Å². The van der Waals surface area contributed by atoms with E-state index >= 15 is 0 Å². The van der Waals surface area contributed by atoms with Crippen molar-refractivity contribution in [3.63, 3.8) is 0 Å². The zero-order valence-electron chi connectivity index (χ0n) is 11.9. The van der Waals surface area contributed by atoms with Crippen LogP contribution in [0.3, 0.4) is 0 Å². The maximum atomic E-state index is 11.1. The van der Waals surface area contributed by atoms with Crippen LogP contribution in [0.15, 0.2) is 12.2 Å². The summed E-state index contributed by atoms with van der Waals surface area (Å²) in [6.07, 6.45) is 3.43. The Morgan fingerprint density at radius 1 is 1.22 bits per heavy atom. The lowest BCUT2D eigenvalue weighted by Gasteiger charge is -2.34. The van der Waals surface area contributed by atoms with Crippen molar-refractivity contribution in [3.8, 4) is 0 Å². The maximum absolute atomic E-state index is 11.1. The molecule has 1 saturated heterocycles. The Morgan fingerprint density at radius 2 is 1.83 bits per heavy atom. The number of esters is 1. The molecular weight excluding hydrogens is 228 g/mol. The van der Waals surface area contributed by atoms with Crippen molar-refractivity contribution in [2.24, 2.45) is 5.92 Å². The molecule has 1 fully saturated rings.